The molecule has 0 atom stereocenters. The molecule has 11 heteroatoms. The van der Waals surface area contributed by atoms with E-state index in [4.69, 9.17) is 12.2 Å². The van der Waals surface area contributed by atoms with Gasteiger partial charge in [-0.25, -0.2) is 9.67 Å². The molecule has 31 heavy (non-hydrogen) atoms. The monoisotopic (exact) mass is 449 g/mol. The molecular formula is C20H22F3N7S. The summed E-state index contributed by atoms with van der Waals surface area (Å²) in [7, 11) is 0. The summed E-state index contributed by atoms with van der Waals surface area (Å²) in [6.07, 6.45) is 0.814. The number of aromatic nitrogens is 5. The lowest BCUT2D eigenvalue weighted by molar-refractivity contribution is -0.137. The van der Waals surface area contributed by atoms with Crippen molar-refractivity contribution in [3.63, 3.8) is 0 Å². The van der Waals surface area contributed by atoms with E-state index in [9.17, 15) is 13.2 Å². The molecule has 1 aliphatic heterocycles. The SMILES string of the molecule is FC(F)(F)c1ccc(N2CCN(Cn3ncn(CCc4ccccn4)c3=S)CC2)nc1. The third kappa shape index (κ3) is 5.28. The first-order chi connectivity index (χ1) is 14.9. The highest BCUT2D eigenvalue weighted by Crippen LogP contribution is 2.29. The van der Waals surface area contributed by atoms with Crippen molar-refractivity contribution < 1.29 is 13.2 Å². The Morgan fingerprint density at radius 1 is 1.00 bits per heavy atom. The minimum absolute atomic E-state index is 0.558. The Kier molecular flexibility index (Phi) is 6.33. The number of halogens is 3. The maximum atomic E-state index is 12.7. The molecule has 3 aromatic rings. The second-order valence-corrected chi connectivity index (χ2v) is 7.69. The molecule has 0 N–H and O–H groups in total. The average Bonchev–Trinajstić information content (AvgIpc) is 3.12. The minimum Gasteiger partial charge on any atom is -0.354 e. The van der Waals surface area contributed by atoms with Crippen LogP contribution in [0, 0.1) is 4.77 Å². The molecule has 1 fully saturated rings. The third-order valence-corrected chi connectivity index (χ3v) is 5.68. The van der Waals surface area contributed by atoms with Gasteiger partial charge in [0, 0.05) is 57.2 Å². The average molecular weight is 450 g/mol. The number of pyridine rings is 2. The van der Waals surface area contributed by atoms with Crippen molar-refractivity contribution in [2.24, 2.45) is 0 Å². The number of nitrogens with zero attached hydrogens (tertiary/aromatic N) is 7. The van der Waals surface area contributed by atoms with Crippen LogP contribution in [0.25, 0.3) is 0 Å². The predicted octanol–water partition coefficient (Wildman–Crippen LogP) is 3.25. The van der Waals surface area contributed by atoms with E-state index >= 15 is 0 Å². The number of alkyl halides is 3. The summed E-state index contributed by atoms with van der Waals surface area (Å²) in [4.78, 5) is 12.5. The Morgan fingerprint density at radius 2 is 1.81 bits per heavy atom. The van der Waals surface area contributed by atoms with Gasteiger partial charge in [-0.3, -0.25) is 9.88 Å². The predicted molar refractivity (Wildman–Crippen MR) is 112 cm³/mol. The first-order valence-corrected chi connectivity index (χ1v) is 10.3. The summed E-state index contributed by atoms with van der Waals surface area (Å²) in [5, 5.41) is 4.41. The highest BCUT2D eigenvalue weighted by molar-refractivity contribution is 7.71. The fraction of sp³-hybridized carbons (Fsp3) is 0.400. The van der Waals surface area contributed by atoms with E-state index < -0.39 is 11.7 Å². The normalized spacial score (nSPS) is 15.4. The van der Waals surface area contributed by atoms with Gasteiger partial charge in [-0.1, -0.05) is 6.07 Å². The van der Waals surface area contributed by atoms with Gasteiger partial charge < -0.3 is 9.47 Å². The van der Waals surface area contributed by atoms with Crippen LogP contribution in [-0.4, -0.2) is 55.4 Å². The van der Waals surface area contributed by atoms with Crippen LogP contribution in [0.15, 0.2) is 49.1 Å². The Labute approximate surface area is 182 Å². The summed E-state index contributed by atoms with van der Waals surface area (Å²) in [5.41, 5.74) is 0.271. The van der Waals surface area contributed by atoms with E-state index in [1.54, 1.807) is 17.2 Å². The molecule has 0 saturated carbocycles. The molecule has 0 bridgehead atoms. The van der Waals surface area contributed by atoms with Crippen molar-refractivity contribution >= 4 is 18.0 Å². The van der Waals surface area contributed by atoms with Crippen molar-refractivity contribution in [3.05, 3.63) is 65.1 Å². The second-order valence-electron chi connectivity index (χ2n) is 7.33. The van der Waals surface area contributed by atoms with E-state index in [0.717, 1.165) is 37.5 Å². The van der Waals surface area contributed by atoms with Crippen molar-refractivity contribution in [1.82, 2.24) is 29.2 Å². The van der Waals surface area contributed by atoms with Crippen LogP contribution in [0.2, 0.25) is 0 Å². The van der Waals surface area contributed by atoms with Crippen LogP contribution in [0.4, 0.5) is 19.0 Å². The number of aryl methyl sites for hydroxylation is 2. The lowest BCUT2D eigenvalue weighted by Crippen LogP contribution is -2.47. The molecule has 1 aliphatic rings. The Morgan fingerprint density at radius 3 is 2.45 bits per heavy atom. The zero-order valence-corrected chi connectivity index (χ0v) is 17.6. The van der Waals surface area contributed by atoms with Crippen LogP contribution >= 0.6 is 12.2 Å². The third-order valence-electron chi connectivity index (χ3n) is 5.24. The summed E-state index contributed by atoms with van der Waals surface area (Å²) >= 11 is 5.56. The largest absolute Gasteiger partial charge is 0.417 e. The molecule has 0 radical (unpaired) electrons. The molecule has 4 heterocycles. The molecule has 7 nitrogen and oxygen atoms in total. The minimum atomic E-state index is -4.37. The number of rotatable bonds is 6. The standard InChI is InChI=1S/C20H22F3N7S/c21-20(22,23)16-4-5-18(25-13-16)28-11-9-27(10-12-28)15-30-19(31)29(14-26-30)8-6-17-3-1-2-7-24-17/h1-5,7,13-14H,6,8-12,15H2. The summed E-state index contributed by atoms with van der Waals surface area (Å²) in [6, 6.07) is 8.34. The van der Waals surface area contributed by atoms with E-state index in [0.29, 0.717) is 36.9 Å². The van der Waals surface area contributed by atoms with Gasteiger partial charge in [0.05, 0.1) is 12.2 Å². The number of hydrogen-bond acceptors (Lipinski definition) is 6. The summed E-state index contributed by atoms with van der Waals surface area (Å²) in [6.45, 7) is 4.11. The van der Waals surface area contributed by atoms with Gasteiger partial charge in [0.15, 0.2) is 4.77 Å². The molecule has 3 aromatic heterocycles. The van der Waals surface area contributed by atoms with E-state index in [1.165, 1.54) is 6.07 Å². The van der Waals surface area contributed by atoms with Crippen molar-refractivity contribution in [2.45, 2.75) is 25.8 Å². The van der Waals surface area contributed by atoms with E-state index in [2.05, 4.69) is 20.0 Å². The van der Waals surface area contributed by atoms with Crippen molar-refractivity contribution in [3.8, 4) is 0 Å². The van der Waals surface area contributed by atoms with Crippen LogP contribution < -0.4 is 4.90 Å². The molecule has 164 valence electrons. The first-order valence-electron chi connectivity index (χ1n) is 9.93. The Bertz CT molecular complexity index is 1040. The van der Waals surface area contributed by atoms with Gasteiger partial charge in [0.1, 0.15) is 12.1 Å². The van der Waals surface area contributed by atoms with E-state index in [1.807, 2.05) is 27.7 Å². The number of piperazine rings is 1. The second kappa shape index (κ2) is 9.15. The van der Waals surface area contributed by atoms with Crippen LogP contribution in [-0.2, 0) is 25.8 Å². The highest BCUT2D eigenvalue weighted by atomic mass is 32.1. The molecule has 0 amide bonds. The fourth-order valence-corrected chi connectivity index (χ4v) is 3.70. The van der Waals surface area contributed by atoms with Gasteiger partial charge in [-0.05, 0) is 36.5 Å². The summed E-state index contributed by atoms with van der Waals surface area (Å²) in [5.74, 6) is 0.558. The maximum absolute atomic E-state index is 12.7. The zero-order valence-electron chi connectivity index (χ0n) is 16.7. The molecule has 0 unspecified atom stereocenters. The lowest BCUT2D eigenvalue weighted by atomic mass is 10.2. The first kappa shape index (κ1) is 21.4. The van der Waals surface area contributed by atoms with Gasteiger partial charge in [-0.15, -0.1) is 0 Å². The van der Waals surface area contributed by atoms with Crippen molar-refractivity contribution in [2.75, 3.05) is 31.1 Å². The fourth-order valence-electron chi connectivity index (χ4n) is 3.45. The molecule has 4 rings (SSSR count). The van der Waals surface area contributed by atoms with Crippen LogP contribution in [0.5, 0.6) is 0 Å². The van der Waals surface area contributed by atoms with Gasteiger partial charge >= 0.3 is 6.18 Å². The van der Waals surface area contributed by atoms with Crippen LogP contribution in [0.1, 0.15) is 11.3 Å². The zero-order chi connectivity index (χ0) is 21.8. The molecular weight excluding hydrogens is 427 g/mol. The van der Waals surface area contributed by atoms with E-state index in [-0.39, 0.29) is 0 Å². The lowest BCUT2D eigenvalue weighted by Gasteiger charge is -2.35. The number of anilines is 1. The van der Waals surface area contributed by atoms with Gasteiger partial charge in [-0.2, -0.15) is 18.3 Å². The Hall–Kier alpha value is -2.79. The topological polar surface area (TPSA) is 55.0 Å². The highest BCUT2D eigenvalue weighted by Gasteiger charge is 2.31. The number of hydrogen-bond donors (Lipinski definition) is 0. The smallest absolute Gasteiger partial charge is 0.354 e. The summed E-state index contributed by atoms with van der Waals surface area (Å²) < 4.78 is 42.5. The maximum Gasteiger partial charge on any atom is 0.417 e. The van der Waals surface area contributed by atoms with Gasteiger partial charge in [0.2, 0.25) is 0 Å². The molecule has 0 spiro atoms. The molecule has 0 aromatic carbocycles. The van der Waals surface area contributed by atoms with Crippen LogP contribution in [0.3, 0.4) is 0 Å². The molecule has 1 saturated heterocycles. The Balaban J connectivity index is 1.30. The van der Waals surface area contributed by atoms with Crippen molar-refractivity contribution in [1.29, 1.82) is 0 Å². The quantitative estimate of drug-likeness (QED) is 0.539. The van der Waals surface area contributed by atoms with Gasteiger partial charge in [0.25, 0.3) is 0 Å². The molecule has 0 aliphatic carbocycles.